The van der Waals surface area contributed by atoms with Crippen LogP contribution in [0.1, 0.15) is 19.5 Å². The largest absolute Gasteiger partial charge is 0.217 e. The van der Waals surface area contributed by atoms with Gasteiger partial charge < -0.3 is 0 Å². The molecule has 2 heterocycles. The van der Waals surface area contributed by atoms with Gasteiger partial charge in [-0.05, 0) is 36.8 Å². The highest BCUT2D eigenvalue weighted by atomic mass is 35.5. The number of hydrogen-bond acceptors (Lipinski definition) is 4. The molecule has 0 unspecified atom stereocenters. The zero-order chi connectivity index (χ0) is 22.3. The summed E-state index contributed by atoms with van der Waals surface area (Å²) in [7, 11) is 0. The van der Waals surface area contributed by atoms with Gasteiger partial charge in [-0.2, -0.15) is 5.10 Å². The van der Waals surface area contributed by atoms with Gasteiger partial charge in [0.15, 0.2) is 0 Å². The SMILES string of the molecule is Cc1nn(-c2nc(-c3ccc(Cl)c(Cl)c3)c(SC(C)C)s2)cc1-c1cc(F)cc(F)c1. The van der Waals surface area contributed by atoms with E-state index in [9.17, 15) is 8.78 Å². The first-order chi connectivity index (χ1) is 14.7. The minimum absolute atomic E-state index is 0.347. The number of aryl methyl sites for hydroxylation is 1. The number of hydrogen-bond donors (Lipinski definition) is 0. The predicted molar refractivity (Wildman–Crippen MR) is 126 cm³/mol. The van der Waals surface area contributed by atoms with Crippen molar-refractivity contribution < 1.29 is 8.78 Å². The van der Waals surface area contributed by atoms with Crippen LogP contribution in [0.3, 0.4) is 0 Å². The molecule has 9 heteroatoms. The highest BCUT2D eigenvalue weighted by molar-refractivity contribution is 8.01. The maximum atomic E-state index is 13.7. The summed E-state index contributed by atoms with van der Waals surface area (Å²) in [5.74, 6) is -1.26. The number of thioether (sulfide) groups is 1. The minimum atomic E-state index is -0.631. The third kappa shape index (κ3) is 4.80. The van der Waals surface area contributed by atoms with Crippen LogP contribution in [0.4, 0.5) is 8.78 Å². The van der Waals surface area contributed by atoms with Crippen molar-refractivity contribution in [1.82, 2.24) is 14.8 Å². The number of thiazole rings is 1. The molecule has 0 aliphatic heterocycles. The van der Waals surface area contributed by atoms with E-state index in [1.165, 1.54) is 23.5 Å². The van der Waals surface area contributed by atoms with Crippen molar-refractivity contribution in [2.24, 2.45) is 0 Å². The van der Waals surface area contributed by atoms with E-state index < -0.39 is 11.6 Å². The predicted octanol–water partition coefficient (Wildman–Crippen LogP) is 8.06. The summed E-state index contributed by atoms with van der Waals surface area (Å²) in [6.07, 6.45) is 1.74. The van der Waals surface area contributed by atoms with E-state index in [2.05, 4.69) is 18.9 Å². The third-order valence-electron chi connectivity index (χ3n) is 4.39. The van der Waals surface area contributed by atoms with Gasteiger partial charge in [0.2, 0.25) is 5.13 Å². The number of nitrogens with zero attached hydrogens (tertiary/aromatic N) is 3. The fourth-order valence-corrected chi connectivity index (χ4v) is 5.81. The van der Waals surface area contributed by atoms with Crippen LogP contribution in [0, 0.1) is 18.6 Å². The van der Waals surface area contributed by atoms with Gasteiger partial charge in [-0.25, -0.2) is 18.4 Å². The Labute approximate surface area is 197 Å². The first-order valence-corrected chi connectivity index (χ1v) is 11.8. The fourth-order valence-electron chi connectivity index (χ4n) is 3.06. The van der Waals surface area contributed by atoms with Crippen molar-refractivity contribution in [1.29, 1.82) is 0 Å². The Hall–Kier alpha value is -1.93. The molecule has 0 amide bonds. The van der Waals surface area contributed by atoms with E-state index in [1.54, 1.807) is 41.7 Å². The number of rotatable bonds is 5. The molecule has 0 aliphatic carbocycles. The normalized spacial score (nSPS) is 11.5. The lowest BCUT2D eigenvalue weighted by atomic mass is 10.1. The van der Waals surface area contributed by atoms with Gasteiger partial charge in [0.25, 0.3) is 0 Å². The van der Waals surface area contributed by atoms with Gasteiger partial charge in [-0.15, -0.1) is 11.8 Å². The Morgan fingerprint density at radius 1 is 1.00 bits per heavy atom. The van der Waals surface area contributed by atoms with Crippen LogP contribution in [0.5, 0.6) is 0 Å². The van der Waals surface area contributed by atoms with E-state index in [0.29, 0.717) is 37.2 Å². The van der Waals surface area contributed by atoms with E-state index >= 15 is 0 Å². The summed E-state index contributed by atoms with van der Waals surface area (Å²) >= 11 is 15.5. The second-order valence-corrected chi connectivity index (χ2v) is 10.8. The van der Waals surface area contributed by atoms with Crippen molar-refractivity contribution >= 4 is 46.3 Å². The first-order valence-electron chi connectivity index (χ1n) is 9.37. The Bertz CT molecular complexity index is 1250. The fraction of sp³-hybridized carbons (Fsp3) is 0.182. The Morgan fingerprint density at radius 2 is 1.71 bits per heavy atom. The van der Waals surface area contributed by atoms with Crippen molar-refractivity contribution in [2.75, 3.05) is 0 Å². The van der Waals surface area contributed by atoms with Crippen molar-refractivity contribution in [3.8, 4) is 27.5 Å². The van der Waals surface area contributed by atoms with Gasteiger partial charge in [0.1, 0.15) is 11.6 Å². The maximum absolute atomic E-state index is 13.7. The Kier molecular flexibility index (Phi) is 6.40. The summed E-state index contributed by atoms with van der Waals surface area (Å²) in [6, 6.07) is 8.86. The van der Waals surface area contributed by atoms with Gasteiger partial charge in [0.05, 0.1) is 25.6 Å². The molecule has 0 spiro atoms. The molecule has 0 bridgehead atoms. The average molecular weight is 496 g/mol. The number of benzene rings is 2. The topological polar surface area (TPSA) is 30.7 Å². The standard InChI is InChI=1S/C22H17Cl2F2N3S2/c1-11(2)30-21-20(13-4-5-18(23)19(24)8-13)27-22(31-21)29-10-17(12(3)28-29)14-6-15(25)9-16(26)7-14/h4-11H,1-3H3. The van der Waals surface area contributed by atoms with Crippen molar-refractivity contribution in [2.45, 2.75) is 30.2 Å². The molecule has 0 radical (unpaired) electrons. The van der Waals surface area contributed by atoms with Crippen LogP contribution in [0.2, 0.25) is 10.0 Å². The van der Waals surface area contributed by atoms with Crippen molar-refractivity contribution in [3.63, 3.8) is 0 Å². The van der Waals surface area contributed by atoms with Crippen LogP contribution < -0.4 is 0 Å². The zero-order valence-electron chi connectivity index (χ0n) is 16.8. The summed E-state index contributed by atoms with van der Waals surface area (Å²) in [6.45, 7) is 6.01. The molecular formula is C22H17Cl2F2N3S2. The average Bonchev–Trinajstić information content (AvgIpc) is 3.26. The molecule has 2 aromatic heterocycles. The molecule has 0 fully saturated rings. The quantitative estimate of drug-likeness (QED) is 0.262. The summed E-state index contributed by atoms with van der Waals surface area (Å²) in [4.78, 5) is 4.81. The molecule has 0 atom stereocenters. The van der Waals surface area contributed by atoms with Gasteiger partial charge in [-0.1, -0.05) is 54.5 Å². The van der Waals surface area contributed by atoms with Gasteiger partial charge >= 0.3 is 0 Å². The summed E-state index contributed by atoms with van der Waals surface area (Å²) < 4.78 is 30.1. The van der Waals surface area contributed by atoms with Crippen LogP contribution >= 0.6 is 46.3 Å². The first kappa shape index (κ1) is 22.3. The molecular weight excluding hydrogens is 479 g/mol. The Morgan fingerprint density at radius 3 is 2.35 bits per heavy atom. The van der Waals surface area contributed by atoms with Gasteiger partial charge in [0, 0.05) is 28.6 Å². The minimum Gasteiger partial charge on any atom is -0.217 e. The van der Waals surface area contributed by atoms with E-state index in [1.807, 2.05) is 6.07 Å². The smallest absolute Gasteiger partial charge is 0.211 e. The lowest BCUT2D eigenvalue weighted by Crippen LogP contribution is -1.94. The van der Waals surface area contributed by atoms with Crippen molar-refractivity contribution in [3.05, 3.63) is 70.0 Å². The zero-order valence-corrected chi connectivity index (χ0v) is 19.9. The van der Waals surface area contributed by atoms with Crippen LogP contribution in [-0.2, 0) is 0 Å². The highest BCUT2D eigenvalue weighted by Crippen LogP contribution is 2.41. The third-order valence-corrected chi connectivity index (χ3v) is 7.39. The lowest BCUT2D eigenvalue weighted by molar-refractivity contribution is 0.584. The molecule has 3 nitrogen and oxygen atoms in total. The molecule has 4 rings (SSSR count). The van der Waals surface area contributed by atoms with Gasteiger partial charge in [-0.3, -0.25) is 0 Å². The monoisotopic (exact) mass is 495 g/mol. The second-order valence-electron chi connectivity index (χ2n) is 7.16. The molecule has 31 heavy (non-hydrogen) atoms. The number of halogens is 4. The molecule has 0 saturated heterocycles. The van der Waals surface area contributed by atoms with Crippen LogP contribution in [0.25, 0.3) is 27.5 Å². The van der Waals surface area contributed by atoms with Crippen LogP contribution in [-0.4, -0.2) is 20.0 Å². The Balaban J connectivity index is 1.80. The molecule has 0 aliphatic rings. The molecule has 0 N–H and O–H groups in total. The maximum Gasteiger partial charge on any atom is 0.211 e. The molecule has 4 aromatic rings. The summed E-state index contributed by atoms with van der Waals surface area (Å²) in [5, 5.41) is 6.47. The second kappa shape index (κ2) is 8.90. The van der Waals surface area contributed by atoms with E-state index in [-0.39, 0.29) is 0 Å². The van der Waals surface area contributed by atoms with E-state index in [0.717, 1.165) is 21.5 Å². The lowest BCUT2D eigenvalue weighted by Gasteiger charge is -2.05. The molecule has 160 valence electrons. The summed E-state index contributed by atoms with van der Waals surface area (Å²) in [5.41, 5.74) is 3.37. The molecule has 2 aromatic carbocycles. The highest BCUT2D eigenvalue weighted by Gasteiger charge is 2.19. The van der Waals surface area contributed by atoms with E-state index in [4.69, 9.17) is 28.2 Å². The number of aromatic nitrogens is 3. The van der Waals surface area contributed by atoms with Crippen LogP contribution in [0.15, 0.2) is 46.8 Å². The molecule has 0 saturated carbocycles.